The highest BCUT2D eigenvalue weighted by Gasteiger charge is 2.13. The Bertz CT molecular complexity index is 666. The van der Waals surface area contributed by atoms with Crippen molar-refractivity contribution in [3.8, 4) is 11.5 Å². The van der Waals surface area contributed by atoms with E-state index in [4.69, 9.17) is 15.2 Å². The average molecular weight is 299 g/mol. The van der Waals surface area contributed by atoms with Crippen LogP contribution in [-0.4, -0.2) is 12.5 Å². The summed E-state index contributed by atoms with van der Waals surface area (Å²) in [6.07, 6.45) is 0. The zero-order valence-corrected chi connectivity index (χ0v) is 13.2. The molecule has 1 amide bonds. The molecule has 0 fully saturated rings. The third kappa shape index (κ3) is 3.79. The minimum absolute atomic E-state index is 0.121. The molecule has 0 radical (unpaired) electrons. The van der Waals surface area contributed by atoms with Gasteiger partial charge < -0.3 is 15.2 Å². The number of amides is 1. The number of rotatable bonds is 6. The Morgan fingerprint density at radius 2 is 1.73 bits per heavy atom. The van der Waals surface area contributed by atoms with Crippen LogP contribution in [0.2, 0.25) is 0 Å². The molecule has 116 valence electrons. The smallest absolute Gasteiger partial charge is 0.255 e. The number of carbonyl (C=O) groups is 1. The van der Waals surface area contributed by atoms with E-state index in [0.717, 1.165) is 28.0 Å². The summed E-state index contributed by atoms with van der Waals surface area (Å²) >= 11 is 0. The standard InChI is InChI=1S/C18H21NO3/c1-12-9-16(21-11-17(19)20)13(2)14(3)18(12)22-10-15-7-5-4-6-8-15/h4-9H,10-11H2,1-3H3,(H2,19,20). The highest BCUT2D eigenvalue weighted by molar-refractivity contribution is 5.75. The molecule has 2 aromatic carbocycles. The van der Waals surface area contributed by atoms with Crippen molar-refractivity contribution in [1.82, 2.24) is 0 Å². The van der Waals surface area contributed by atoms with Crippen molar-refractivity contribution in [3.05, 3.63) is 58.7 Å². The second-order valence-electron chi connectivity index (χ2n) is 5.30. The Kier molecular flexibility index (Phi) is 5.04. The fourth-order valence-corrected chi connectivity index (χ4v) is 2.27. The first-order chi connectivity index (χ1) is 10.5. The van der Waals surface area contributed by atoms with Crippen LogP contribution in [0.3, 0.4) is 0 Å². The molecule has 2 rings (SSSR count). The molecule has 0 saturated carbocycles. The van der Waals surface area contributed by atoms with Gasteiger partial charge in [-0.2, -0.15) is 0 Å². The summed E-state index contributed by atoms with van der Waals surface area (Å²) in [5.74, 6) is 1.03. The molecule has 0 bridgehead atoms. The number of carbonyl (C=O) groups excluding carboxylic acids is 1. The molecule has 0 aliphatic heterocycles. The molecule has 22 heavy (non-hydrogen) atoms. The van der Waals surface area contributed by atoms with E-state index in [9.17, 15) is 4.79 Å². The lowest BCUT2D eigenvalue weighted by Gasteiger charge is -2.17. The summed E-state index contributed by atoms with van der Waals surface area (Å²) in [4.78, 5) is 10.9. The molecule has 0 heterocycles. The summed E-state index contributed by atoms with van der Waals surface area (Å²) in [5, 5.41) is 0. The molecule has 2 N–H and O–H groups in total. The monoisotopic (exact) mass is 299 g/mol. The first-order valence-corrected chi connectivity index (χ1v) is 7.17. The van der Waals surface area contributed by atoms with Crippen LogP contribution in [0.15, 0.2) is 36.4 Å². The van der Waals surface area contributed by atoms with E-state index in [1.807, 2.05) is 57.2 Å². The fraction of sp³-hybridized carbons (Fsp3) is 0.278. The Hall–Kier alpha value is -2.49. The zero-order chi connectivity index (χ0) is 16.1. The number of hydrogen-bond donors (Lipinski definition) is 1. The summed E-state index contributed by atoms with van der Waals surface area (Å²) in [7, 11) is 0. The van der Waals surface area contributed by atoms with E-state index in [1.54, 1.807) is 0 Å². The molecule has 0 aliphatic carbocycles. The zero-order valence-electron chi connectivity index (χ0n) is 13.2. The molecular weight excluding hydrogens is 278 g/mol. The molecule has 0 saturated heterocycles. The number of benzene rings is 2. The SMILES string of the molecule is Cc1cc(OCC(N)=O)c(C)c(C)c1OCc1ccccc1. The van der Waals surface area contributed by atoms with Crippen molar-refractivity contribution in [2.75, 3.05) is 6.61 Å². The van der Waals surface area contributed by atoms with E-state index in [1.165, 1.54) is 0 Å². The number of ether oxygens (including phenoxy) is 2. The van der Waals surface area contributed by atoms with E-state index in [-0.39, 0.29) is 6.61 Å². The van der Waals surface area contributed by atoms with Gasteiger partial charge in [0.1, 0.15) is 18.1 Å². The Labute approximate surface area is 130 Å². The van der Waals surface area contributed by atoms with Gasteiger partial charge in [0.05, 0.1) is 0 Å². The van der Waals surface area contributed by atoms with Crippen molar-refractivity contribution in [1.29, 1.82) is 0 Å². The van der Waals surface area contributed by atoms with Crippen LogP contribution < -0.4 is 15.2 Å². The predicted octanol–water partition coefficient (Wildman–Crippen LogP) is 3.05. The maximum atomic E-state index is 10.9. The third-order valence-corrected chi connectivity index (χ3v) is 3.57. The van der Waals surface area contributed by atoms with Gasteiger partial charge in [-0.25, -0.2) is 0 Å². The summed E-state index contributed by atoms with van der Waals surface area (Å²) in [6.45, 7) is 6.29. The molecule has 0 aromatic heterocycles. The maximum Gasteiger partial charge on any atom is 0.255 e. The van der Waals surface area contributed by atoms with Gasteiger partial charge in [0.2, 0.25) is 0 Å². The molecular formula is C18H21NO3. The first-order valence-electron chi connectivity index (χ1n) is 7.17. The second-order valence-corrected chi connectivity index (χ2v) is 5.30. The van der Waals surface area contributed by atoms with Crippen LogP contribution in [-0.2, 0) is 11.4 Å². The third-order valence-electron chi connectivity index (χ3n) is 3.57. The van der Waals surface area contributed by atoms with Crippen molar-refractivity contribution in [2.24, 2.45) is 5.73 Å². The highest BCUT2D eigenvalue weighted by atomic mass is 16.5. The Morgan fingerprint density at radius 1 is 1.05 bits per heavy atom. The lowest BCUT2D eigenvalue weighted by molar-refractivity contribution is -0.119. The number of aryl methyl sites for hydroxylation is 1. The Morgan fingerprint density at radius 3 is 2.36 bits per heavy atom. The molecule has 0 unspecified atom stereocenters. The number of hydrogen-bond acceptors (Lipinski definition) is 3. The Balaban J connectivity index is 2.18. The fourth-order valence-electron chi connectivity index (χ4n) is 2.27. The van der Waals surface area contributed by atoms with Crippen molar-refractivity contribution < 1.29 is 14.3 Å². The van der Waals surface area contributed by atoms with Gasteiger partial charge in [-0.3, -0.25) is 4.79 Å². The maximum absolute atomic E-state index is 10.9. The largest absolute Gasteiger partial charge is 0.488 e. The van der Waals surface area contributed by atoms with Crippen LogP contribution >= 0.6 is 0 Å². The number of nitrogens with two attached hydrogens (primary N) is 1. The van der Waals surface area contributed by atoms with Crippen LogP contribution in [0.4, 0.5) is 0 Å². The van der Waals surface area contributed by atoms with Gasteiger partial charge in [0.25, 0.3) is 5.91 Å². The van der Waals surface area contributed by atoms with Gasteiger partial charge in [0.15, 0.2) is 6.61 Å². The minimum atomic E-state index is -0.487. The predicted molar refractivity (Wildman–Crippen MR) is 86.1 cm³/mol. The average Bonchev–Trinajstić information content (AvgIpc) is 2.50. The number of primary amides is 1. The van der Waals surface area contributed by atoms with Crippen LogP contribution in [0.25, 0.3) is 0 Å². The van der Waals surface area contributed by atoms with Gasteiger partial charge in [-0.05, 0) is 49.1 Å². The molecule has 0 aliphatic rings. The van der Waals surface area contributed by atoms with Gasteiger partial charge in [-0.1, -0.05) is 30.3 Å². The normalized spacial score (nSPS) is 10.3. The van der Waals surface area contributed by atoms with Crippen LogP contribution in [0.5, 0.6) is 11.5 Å². The van der Waals surface area contributed by atoms with E-state index in [0.29, 0.717) is 12.4 Å². The second kappa shape index (κ2) is 6.98. The topological polar surface area (TPSA) is 61.5 Å². The van der Waals surface area contributed by atoms with Crippen LogP contribution in [0.1, 0.15) is 22.3 Å². The first kappa shape index (κ1) is 15.9. The van der Waals surface area contributed by atoms with Crippen molar-refractivity contribution in [2.45, 2.75) is 27.4 Å². The molecule has 0 atom stereocenters. The molecule has 4 nitrogen and oxygen atoms in total. The lowest BCUT2D eigenvalue weighted by atomic mass is 10.0. The molecule has 0 spiro atoms. The van der Waals surface area contributed by atoms with Gasteiger partial charge >= 0.3 is 0 Å². The van der Waals surface area contributed by atoms with Crippen LogP contribution in [0, 0.1) is 20.8 Å². The van der Waals surface area contributed by atoms with Crippen molar-refractivity contribution in [3.63, 3.8) is 0 Å². The van der Waals surface area contributed by atoms with E-state index < -0.39 is 5.91 Å². The van der Waals surface area contributed by atoms with E-state index >= 15 is 0 Å². The van der Waals surface area contributed by atoms with E-state index in [2.05, 4.69) is 0 Å². The summed E-state index contributed by atoms with van der Waals surface area (Å²) in [5.41, 5.74) is 9.17. The summed E-state index contributed by atoms with van der Waals surface area (Å²) < 4.78 is 11.4. The van der Waals surface area contributed by atoms with Crippen molar-refractivity contribution >= 4 is 5.91 Å². The minimum Gasteiger partial charge on any atom is -0.488 e. The lowest BCUT2D eigenvalue weighted by Crippen LogP contribution is -2.20. The summed E-state index contributed by atoms with van der Waals surface area (Å²) in [6, 6.07) is 11.9. The molecule has 4 heteroatoms. The quantitative estimate of drug-likeness (QED) is 0.891. The van der Waals surface area contributed by atoms with Gasteiger partial charge in [-0.15, -0.1) is 0 Å². The van der Waals surface area contributed by atoms with Gasteiger partial charge in [0, 0.05) is 0 Å². The highest BCUT2D eigenvalue weighted by Crippen LogP contribution is 2.33. The molecule has 2 aromatic rings.